The first-order valence-electron chi connectivity index (χ1n) is 5.93. The summed E-state index contributed by atoms with van der Waals surface area (Å²) in [5.74, 6) is -0.440. The highest BCUT2D eigenvalue weighted by molar-refractivity contribution is 5.81. The molecule has 1 aliphatic rings. The van der Waals surface area contributed by atoms with Gasteiger partial charge in [0.2, 0.25) is 12.4 Å². The molecule has 0 spiro atoms. The van der Waals surface area contributed by atoms with Crippen molar-refractivity contribution in [2.45, 2.75) is 51.4 Å². The molecule has 0 aliphatic heterocycles. The molecule has 4 heteroatoms. The summed E-state index contributed by atoms with van der Waals surface area (Å²) in [7, 11) is 0. The second-order valence-corrected chi connectivity index (χ2v) is 4.27. The zero-order valence-electron chi connectivity index (χ0n) is 9.48. The maximum Gasteiger partial charge on any atom is 0.252 e. The maximum absolute atomic E-state index is 11.8. The summed E-state index contributed by atoms with van der Waals surface area (Å²) in [6.45, 7) is 0. The highest BCUT2D eigenvalue weighted by atomic mass is 16.2. The van der Waals surface area contributed by atoms with Gasteiger partial charge in [-0.25, -0.2) is 0 Å². The number of nitriles is 2. The SMILES string of the molecule is N#CN(C#N)C(=O)C1CCCCCCCC1. The Bertz CT molecular complexity index is 289. The minimum absolute atomic E-state index is 0.127. The van der Waals surface area contributed by atoms with Crippen molar-refractivity contribution in [3.8, 4) is 12.4 Å². The Morgan fingerprint density at radius 1 is 0.938 bits per heavy atom. The Kier molecular flexibility index (Phi) is 5.36. The van der Waals surface area contributed by atoms with E-state index < -0.39 is 0 Å². The second kappa shape index (κ2) is 6.85. The summed E-state index contributed by atoms with van der Waals surface area (Å²) in [5, 5.41) is 17.3. The van der Waals surface area contributed by atoms with Gasteiger partial charge in [-0.2, -0.15) is 10.5 Å². The highest BCUT2D eigenvalue weighted by Crippen LogP contribution is 2.23. The van der Waals surface area contributed by atoms with Crippen molar-refractivity contribution >= 4 is 5.91 Å². The van der Waals surface area contributed by atoms with E-state index in [1.807, 2.05) is 0 Å². The molecule has 86 valence electrons. The van der Waals surface area contributed by atoms with Gasteiger partial charge in [-0.05, 0) is 12.8 Å². The summed E-state index contributed by atoms with van der Waals surface area (Å²) >= 11 is 0. The van der Waals surface area contributed by atoms with E-state index in [0.717, 1.165) is 38.5 Å². The molecule has 0 saturated heterocycles. The highest BCUT2D eigenvalue weighted by Gasteiger charge is 2.24. The molecule has 0 aromatic heterocycles. The fourth-order valence-electron chi connectivity index (χ4n) is 2.18. The van der Waals surface area contributed by atoms with Crippen molar-refractivity contribution in [2.24, 2.45) is 5.92 Å². The lowest BCUT2D eigenvalue weighted by molar-refractivity contribution is -0.130. The van der Waals surface area contributed by atoms with Crippen LogP contribution in [0.25, 0.3) is 0 Å². The van der Waals surface area contributed by atoms with Crippen molar-refractivity contribution in [2.75, 3.05) is 0 Å². The Morgan fingerprint density at radius 2 is 1.38 bits per heavy atom. The first-order valence-corrected chi connectivity index (χ1v) is 5.93. The van der Waals surface area contributed by atoms with E-state index in [9.17, 15) is 4.79 Å². The zero-order chi connectivity index (χ0) is 11.8. The molecule has 4 nitrogen and oxygen atoms in total. The van der Waals surface area contributed by atoms with Gasteiger partial charge < -0.3 is 0 Å². The molecule has 0 aromatic rings. The molecule has 0 N–H and O–H groups in total. The van der Waals surface area contributed by atoms with Crippen molar-refractivity contribution < 1.29 is 4.79 Å². The van der Waals surface area contributed by atoms with Crippen LogP contribution in [0.5, 0.6) is 0 Å². The Morgan fingerprint density at radius 3 is 1.81 bits per heavy atom. The van der Waals surface area contributed by atoms with Crippen molar-refractivity contribution in [3.05, 3.63) is 0 Å². The summed E-state index contributed by atoms with van der Waals surface area (Å²) in [6.07, 6.45) is 11.7. The van der Waals surface area contributed by atoms with Gasteiger partial charge in [0.25, 0.3) is 5.91 Å². The Hall–Kier alpha value is -1.55. The molecule has 1 rings (SSSR count). The number of rotatable bonds is 1. The molecule has 1 aliphatic carbocycles. The molecule has 0 aromatic carbocycles. The Balaban J connectivity index is 2.58. The smallest absolute Gasteiger partial charge is 0.252 e. The lowest BCUT2D eigenvalue weighted by Crippen LogP contribution is -2.28. The fraction of sp³-hybridized carbons (Fsp3) is 0.750. The molecule has 0 atom stereocenters. The molecule has 1 fully saturated rings. The van der Waals surface area contributed by atoms with E-state index in [4.69, 9.17) is 10.5 Å². The Labute approximate surface area is 96.5 Å². The van der Waals surface area contributed by atoms with E-state index in [1.54, 1.807) is 12.4 Å². The monoisotopic (exact) mass is 219 g/mol. The predicted molar refractivity (Wildman–Crippen MR) is 58.5 cm³/mol. The lowest BCUT2D eigenvalue weighted by atomic mass is 9.96. The van der Waals surface area contributed by atoms with Crippen LogP contribution in [0.15, 0.2) is 0 Å². The zero-order valence-corrected chi connectivity index (χ0v) is 9.48. The number of nitrogens with zero attached hydrogens (tertiary/aromatic N) is 3. The van der Waals surface area contributed by atoms with Crippen LogP contribution in [-0.4, -0.2) is 10.8 Å². The fourth-order valence-corrected chi connectivity index (χ4v) is 2.18. The third kappa shape index (κ3) is 3.55. The average molecular weight is 219 g/mol. The average Bonchev–Trinajstić information content (AvgIpc) is 2.43. The van der Waals surface area contributed by atoms with Crippen LogP contribution in [0.3, 0.4) is 0 Å². The van der Waals surface area contributed by atoms with Gasteiger partial charge >= 0.3 is 0 Å². The molecular formula is C12H17N3O. The summed E-state index contributed by atoms with van der Waals surface area (Å²) < 4.78 is 0. The first-order chi connectivity index (χ1) is 7.79. The number of carbonyl (C=O) groups is 1. The number of carbonyl (C=O) groups excluding carboxylic acids is 1. The van der Waals surface area contributed by atoms with E-state index in [0.29, 0.717) is 4.90 Å². The van der Waals surface area contributed by atoms with Crippen molar-refractivity contribution in [1.82, 2.24) is 4.90 Å². The van der Waals surface area contributed by atoms with Gasteiger partial charge in [-0.3, -0.25) is 4.79 Å². The van der Waals surface area contributed by atoms with E-state index in [2.05, 4.69) is 0 Å². The number of amides is 1. The van der Waals surface area contributed by atoms with Gasteiger partial charge in [0.05, 0.1) is 0 Å². The van der Waals surface area contributed by atoms with Crippen LogP contribution >= 0.6 is 0 Å². The summed E-state index contributed by atoms with van der Waals surface area (Å²) in [6, 6.07) is 0. The summed E-state index contributed by atoms with van der Waals surface area (Å²) in [4.78, 5) is 12.4. The minimum Gasteiger partial charge on any atom is -0.272 e. The van der Waals surface area contributed by atoms with Gasteiger partial charge in [-0.1, -0.05) is 38.5 Å². The quantitative estimate of drug-likeness (QED) is 0.502. The molecule has 1 saturated carbocycles. The lowest BCUT2D eigenvalue weighted by Gasteiger charge is -2.15. The number of hydrogen-bond donors (Lipinski definition) is 0. The largest absolute Gasteiger partial charge is 0.272 e. The van der Waals surface area contributed by atoms with Gasteiger partial charge in [0.1, 0.15) is 0 Å². The second-order valence-electron chi connectivity index (χ2n) is 4.27. The van der Waals surface area contributed by atoms with Crippen molar-refractivity contribution in [1.29, 1.82) is 10.5 Å². The van der Waals surface area contributed by atoms with Crippen LogP contribution in [0.4, 0.5) is 0 Å². The predicted octanol–water partition coefficient (Wildman–Crippen LogP) is 2.53. The van der Waals surface area contributed by atoms with E-state index in [-0.39, 0.29) is 11.8 Å². The van der Waals surface area contributed by atoms with E-state index in [1.165, 1.54) is 12.8 Å². The minimum atomic E-state index is -0.313. The van der Waals surface area contributed by atoms with Gasteiger partial charge in [-0.15, -0.1) is 4.90 Å². The molecular weight excluding hydrogens is 202 g/mol. The molecule has 16 heavy (non-hydrogen) atoms. The maximum atomic E-state index is 11.8. The van der Waals surface area contributed by atoms with Crippen molar-refractivity contribution in [3.63, 3.8) is 0 Å². The number of hydrogen-bond acceptors (Lipinski definition) is 3. The third-order valence-corrected chi connectivity index (χ3v) is 3.12. The van der Waals surface area contributed by atoms with E-state index >= 15 is 0 Å². The van der Waals surface area contributed by atoms with Gasteiger partial charge in [0, 0.05) is 5.92 Å². The molecule has 0 bridgehead atoms. The standard InChI is InChI=1S/C12H17N3O/c13-9-15(10-14)12(16)11-7-5-3-1-2-4-6-8-11/h11H,1-8H2. The van der Waals surface area contributed by atoms with Crippen LogP contribution in [0, 0.1) is 28.8 Å². The van der Waals surface area contributed by atoms with Crippen LogP contribution in [0.2, 0.25) is 0 Å². The van der Waals surface area contributed by atoms with Crippen LogP contribution < -0.4 is 0 Å². The third-order valence-electron chi connectivity index (χ3n) is 3.12. The summed E-state index contributed by atoms with van der Waals surface area (Å²) in [5.41, 5.74) is 0. The van der Waals surface area contributed by atoms with Gasteiger partial charge in [0.15, 0.2) is 0 Å². The van der Waals surface area contributed by atoms with Crippen LogP contribution in [-0.2, 0) is 4.79 Å². The topological polar surface area (TPSA) is 67.9 Å². The first kappa shape index (κ1) is 12.5. The van der Waals surface area contributed by atoms with Crippen LogP contribution in [0.1, 0.15) is 51.4 Å². The molecule has 0 heterocycles. The molecule has 0 unspecified atom stereocenters. The molecule has 0 radical (unpaired) electrons. The molecule has 1 amide bonds. The normalized spacial score (nSPS) is 18.4.